The first kappa shape index (κ1) is 22.1. The summed E-state index contributed by atoms with van der Waals surface area (Å²) in [5.41, 5.74) is 3.21. The lowest BCUT2D eigenvalue weighted by atomic mass is 10.1. The van der Waals surface area contributed by atoms with E-state index >= 15 is 0 Å². The second-order valence-electron chi connectivity index (χ2n) is 5.88. The number of amides is 1. The van der Waals surface area contributed by atoms with E-state index in [9.17, 15) is 4.79 Å². The maximum atomic E-state index is 12.4. The van der Waals surface area contributed by atoms with Crippen molar-refractivity contribution < 1.29 is 4.79 Å². The van der Waals surface area contributed by atoms with Crippen LogP contribution in [-0.4, -0.2) is 21.0 Å². The van der Waals surface area contributed by atoms with Crippen molar-refractivity contribution in [1.29, 1.82) is 0 Å². The minimum Gasteiger partial charge on any atom is -0.339 e. The Hall–Kier alpha value is -1.24. The molecule has 0 bridgehead atoms. The Bertz CT molecular complexity index is 855. The molecule has 0 aliphatic carbocycles. The Morgan fingerprint density at radius 2 is 1.78 bits per heavy atom. The van der Waals surface area contributed by atoms with Crippen LogP contribution in [0.1, 0.15) is 21.5 Å². The van der Waals surface area contributed by atoms with Gasteiger partial charge in [-0.25, -0.2) is 0 Å². The lowest BCUT2D eigenvalue weighted by Crippen LogP contribution is -2.56. The highest BCUT2D eigenvalue weighted by Crippen LogP contribution is 2.29. The number of halogens is 4. The van der Waals surface area contributed by atoms with Gasteiger partial charge < -0.3 is 16.0 Å². The zero-order valence-electron chi connectivity index (χ0n) is 14.4. The molecule has 1 atom stereocenters. The molecule has 0 aliphatic heterocycles. The summed E-state index contributed by atoms with van der Waals surface area (Å²) < 4.78 is -1.85. The molecule has 2 aromatic rings. The maximum absolute atomic E-state index is 12.4. The Morgan fingerprint density at radius 3 is 2.41 bits per heavy atom. The van der Waals surface area contributed by atoms with Crippen molar-refractivity contribution in [2.45, 2.75) is 23.8 Å². The van der Waals surface area contributed by atoms with Gasteiger partial charge in [0.15, 0.2) is 5.11 Å². The molecule has 2 rings (SSSR count). The molecule has 27 heavy (non-hydrogen) atoms. The molecule has 2 aromatic carbocycles. The molecule has 0 fully saturated rings. The van der Waals surface area contributed by atoms with Gasteiger partial charge >= 0.3 is 0 Å². The van der Waals surface area contributed by atoms with Gasteiger partial charge in [-0.05, 0) is 61.5 Å². The predicted octanol–water partition coefficient (Wildman–Crippen LogP) is 5.37. The SMILES string of the molecule is Cc1ccc(C)c(NC(=S)N[C@H](NC(=O)c2cccc(Cl)c2)C(Cl)(Cl)Cl)c1. The third kappa shape index (κ3) is 6.70. The van der Waals surface area contributed by atoms with Crippen LogP contribution in [0.15, 0.2) is 42.5 Å². The average molecular weight is 465 g/mol. The Kier molecular flexibility index (Phi) is 7.60. The highest BCUT2D eigenvalue weighted by atomic mass is 35.6. The number of carbonyl (C=O) groups is 1. The average Bonchev–Trinajstić information content (AvgIpc) is 2.56. The lowest BCUT2D eigenvalue weighted by Gasteiger charge is -2.28. The minimum atomic E-state index is -1.85. The molecule has 0 radical (unpaired) electrons. The molecule has 0 saturated heterocycles. The molecule has 9 heteroatoms. The summed E-state index contributed by atoms with van der Waals surface area (Å²) in [6, 6.07) is 12.3. The minimum absolute atomic E-state index is 0.200. The summed E-state index contributed by atoms with van der Waals surface area (Å²) in [5.74, 6) is -0.462. The summed E-state index contributed by atoms with van der Waals surface area (Å²) in [4.78, 5) is 12.4. The Morgan fingerprint density at radius 1 is 1.07 bits per heavy atom. The fourth-order valence-electron chi connectivity index (χ4n) is 2.20. The van der Waals surface area contributed by atoms with Crippen LogP contribution in [0.3, 0.4) is 0 Å². The molecular formula is C18H17Cl4N3OS. The number of aryl methyl sites for hydroxylation is 2. The van der Waals surface area contributed by atoms with Crippen LogP contribution in [-0.2, 0) is 0 Å². The van der Waals surface area contributed by atoms with Crippen LogP contribution in [0, 0.1) is 13.8 Å². The van der Waals surface area contributed by atoms with Gasteiger partial charge in [0.2, 0.25) is 3.79 Å². The molecule has 0 heterocycles. The molecule has 0 spiro atoms. The highest BCUT2D eigenvalue weighted by Gasteiger charge is 2.35. The van der Waals surface area contributed by atoms with E-state index in [2.05, 4.69) is 16.0 Å². The van der Waals surface area contributed by atoms with E-state index in [-0.39, 0.29) is 5.11 Å². The number of carbonyl (C=O) groups excluding carboxylic acids is 1. The molecule has 144 valence electrons. The van der Waals surface area contributed by atoms with Gasteiger partial charge in [-0.15, -0.1) is 0 Å². The Labute approximate surface area is 183 Å². The fourth-order valence-corrected chi connectivity index (χ4v) is 2.95. The number of alkyl halides is 3. The summed E-state index contributed by atoms with van der Waals surface area (Å²) in [5, 5.41) is 9.11. The van der Waals surface area contributed by atoms with Crippen molar-refractivity contribution in [3.05, 3.63) is 64.2 Å². The van der Waals surface area contributed by atoms with Gasteiger partial charge in [-0.1, -0.05) is 64.6 Å². The summed E-state index contributed by atoms with van der Waals surface area (Å²) in [7, 11) is 0. The van der Waals surface area contributed by atoms with Crippen LogP contribution in [0.2, 0.25) is 5.02 Å². The van der Waals surface area contributed by atoms with E-state index < -0.39 is 15.9 Å². The number of benzene rings is 2. The molecule has 4 nitrogen and oxygen atoms in total. The highest BCUT2D eigenvalue weighted by molar-refractivity contribution is 7.80. The van der Waals surface area contributed by atoms with Crippen molar-refractivity contribution in [3.63, 3.8) is 0 Å². The molecule has 0 unspecified atom stereocenters. The lowest BCUT2D eigenvalue weighted by molar-refractivity contribution is 0.0934. The quantitative estimate of drug-likeness (QED) is 0.323. The van der Waals surface area contributed by atoms with Gasteiger partial charge in [-0.2, -0.15) is 0 Å². The zero-order chi connectivity index (χ0) is 20.2. The van der Waals surface area contributed by atoms with E-state index in [0.717, 1.165) is 16.8 Å². The second-order valence-corrected chi connectivity index (χ2v) is 9.09. The van der Waals surface area contributed by atoms with Crippen LogP contribution < -0.4 is 16.0 Å². The molecular weight excluding hydrogens is 448 g/mol. The molecule has 0 aromatic heterocycles. The number of hydrogen-bond acceptors (Lipinski definition) is 2. The van der Waals surface area contributed by atoms with Crippen LogP contribution in [0.25, 0.3) is 0 Å². The van der Waals surface area contributed by atoms with E-state index in [0.29, 0.717) is 10.6 Å². The van der Waals surface area contributed by atoms with Gasteiger partial charge in [-0.3, -0.25) is 4.79 Å². The van der Waals surface area contributed by atoms with Gasteiger partial charge in [0, 0.05) is 16.3 Å². The number of rotatable bonds is 4. The van der Waals surface area contributed by atoms with E-state index in [4.69, 9.17) is 58.6 Å². The number of anilines is 1. The van der Waals surface area contributed by atoms with Crippen LogP contribution in [0.4, 0.5) is 5.69 Å². The standard InChI is InChI=1S/C18H17Cl4N3OS/c1-10-6-7-11(2)14(8-10)23-17(27)25-16(18(20,21)22)24-15(26)12-4-3-5-13(19)9-12/h3-9,16H,1-2H3,(H,24,26)(H2,23,25,27)/t16-/m0/s1. The topological polar surface area (TPSA) is 53.2 Å². The van der Waals surface area contributed by atoms with E-state index in [1.165, 1.54) is 6.07 Å². The molecule has 3 N–H and O–H groups in total. The number of hydrogen-bond donors (Lipinski definition) is 3. The largest absolute Gasteiger partial charge is 0.339 e. The van der Waals surface area contributed by atoms with Crippen LogP contribution >= 0.6 is 58.6 Å². The first-order valence-electron chi connectivity index (χ1n) is 7.84. The fraction of sp³-hybridized carbons (Fsp3) is 0.222. The van der Waals surface area contributed by atoms with Gasteiger partial charge in [0.05, 0.1) is 0 Å². The first-order chi connectivity index (χ1) is 12.6. The summed E-state index contributed by atoms with van der Waals surface area (Å²) >= 11 is 29.2. The van der Waals surface area contributed by atoms with Gasteiger partial charge in [0.1, 0.15) is 6.17 Å². The normalized spacial score (nSPS) is 12.2. The molecule has 0 aliphatic rings. The number of thiocarbonyl (C=S) groups is 1. The molecule has 0 saturated carbocycles. The third-order valence-corrected chi connectivity index (χ3v) is 4.72. The summed E-state index contributed by atoms with van der Waals surface area (Å²) in [6.45, 7) is 3.91. The Balaban J connectivity index is 2.11. The maximum Gasteiger partial charge on any atom is 0.253 e. The molecule has 1 amide bonds. The van der Waals surface area contributed by atoms with Gasteiger partial charge in [0.25, 0.3) is 5.91 Å². The van der Waals surface area contributed by atoms with E-state index in [1.54, 1.807) is 18.2 Å². The van der Waals surface area contributed by atoms with Crippen molar-refractivity contribution >= 4 is 75.3 Å². The monoisotopic (exact) mass is 463 g/mol. The third-order valence-electron chi connectivity index (χ3n) is 3.61. The number of nitrogens with one attached hydrogen (secondary N) is 3. The predicted molar refractivity (Wildman–Crippen MR) is 118 cm³/mol. The smallest absolute Gasteiger partial charge is 0.253 e. The first-order valence-corrected chi connectivity index (χ1v) is 9.76. The zero-order valence-corrected chi connectivity index (χ0v) is 18.3. The van der Waals surface area contributed by atoms with Crippen molar-refractivity contribution in [2.24, 2.45) is 0 Å². The second kappa shape index (κ2) is 9.30. The van der Waals surface area contributed by atoms with Crippen molar-refractivity contribution in [2.75, 3.05) is 5.32 Å². The summed E-state index contributed by atoms with van der Waals surface area (Å²) in [6.07, 6.45) is -1.07. The van der Waals surface area contributed by atoms with Crippen LogP contribution in [0.5, 0.6) is 0 Å². The van der Waals surface area contributed by atoms with E-state index in [1.807, 2.05) is 32.0 Å². The van der Waals surface area contributed by atoms with Crippen molar-refractivity contribution in [1.82, 2.24) is 10.6 Å². The van der Waals surface area contributed by atoms with Crippen molar-refractivity contribution in [3.8, 4) is 0 Å².